The predicted octanol–water partition coefficient (Wildman–Crippen LogP) is 1.26. The normalized spacial score (nSPS) is 18.6. The zero-order valence-corrected chi connectivity index (χ0v) is 17.4. The van der Waals surface area contributed by atoms with Crippen LogP contribution in [-0.2, 0) is 0 Å². The zero-order chi connectivity index (χ0) is 19.6. The molecule has 1 aromatic rings. The number of methoxy groups -OCH3 is 1. The quantitative estimate of drug-likeness (QED) is 0.525. The minimum atomic E-state index is 0.00529. The van der Waals surface area contributed by atoms with Crippen LogP contribution in [0.3, 0.4) is 0 Å². The van der Waals surface area contributed by atoms with E-state index in [2.05, 4.69) is 39.4 Å². The van der Waals surface area contributed by atoms with Gasteiger partial charge in [0, 0.05) is 51.9 Å². The molecular formula is C20H35N5O2. The van der Waals surface area contributed by atoms with Gasteiger partial charge in [0.05, 0.1) is 13.7 Å². The molecular weight excluding hydrogens is 342 g/mol. The molecule has 0 aliphatic carbocycles. The third-order valence-corrected chi connectivity index (χ3v) is 4.89. The van der Waals surface area contributed by atoms with Gasteiger partial charge in [0.2, 0.25) is 0 Å². The SMILES string of the molecule is CN=C(NCC(C)Oc1cccc(OC)c1)NCC(C)N1CCN(C)CC1. The maximum absolute atomic E-state index is 5.94. The third kappa shape index (κ3) is 7.27. The number of aliphatic imine (C=N–C) groups is 1. The number of benzene rings is 1. The van der Waals surface area contributed by atoms with Gasteiger partial charge in [-0.2, -0.15) is 0 Å². The summed E-state index contributed by atoms with van der Waals surface area (Å²) >= 11 is 0. The number of likely N-dealkylation sites (N-methyl/N-ethyl adjacent to an activating group) is 1. The van der Waals surface area contributed by atoms with Crippen LogP contribution in [0, 0.1) is 0 Å². The van der Waals surface area contributed by atoms with E-state index in [-0.39, 0.29) is 6.10 Å². The van der Waals surface area contributed by atoms with Gasteiger partial charge in [-0.15, -0.1) is 0 Å². The van der Waals surface area contributed by atoms with Crippen molar-refractivity contribution in [1.29, 1.82) is 0 Å². The molecule has 2 atom stereocenters. The lowest BCUT2D eigenvalue weighted by atomic mass is 10.2. The number of ether oxygens (including phenoxy) is 2. The van der Waals surface area contributed by atoms with E-state index in [9.17, 15) is 0 Å². The van der Waals surface area contributed by atoms with E-state index >= 15 is 0 Å². The third-order valence-electron chi connectivity index (χ3n) is 4.89. The van der Waals surface area contributed by atoms with Crippen molar-refractivity contribution in [3.05, 3.63) is 24.3 Å². The number of hydrogen-bond donors (Lipinski definition) is 2. The van der Waals surface area contributed by atoms with Crippen LogP contribution in [0.2, 0.25) is 0 Å². The van der Waals surface area contributed by atoms with Crippen LogP contribution in [0.1, 0.15) is 13.8 Å². The second-order valence-corrected chi connectivity index (χ2v) is 7.13. The average molecular weight is 378 g/mol. The molecule has 7 nitrogen and oxygen atoms in total. The molecule has 1 aliphatic heterocycles. The highest BCUT2D eigenvalue weighted by Gasteiger charge is 2.19. The minimum Gasteiger partial charge on any atom is -0.497 e. The fourth-order valence-corrected chi connectivity index (χ4v) is 3.05. The van der Waals surface area contributed by atoms with Crippen LogP contribution in [-0.4, -0.2) is 88.4 Å². The molecule has 7 heteroatoms. The summed E-state index contributed by atoms with van der Waals surface area (Å²) in [7, 11) is 5.63. The van der Waals surface area contributed by atoms with E-state index in [1.807, 2.05) is 31.2 Å². The lowest BCUT2D eigenvalue weighted by molar-refractivity contribution is 0.120. The highest BCUT2D eigenvalue weighted by atomic mass is 16.5. The Bertz CT molecular complexity index is 587. The smallest absolute Gasteiger partial charge is 0.191 e. The number of guanidine groups is 1. The van der Waals surface area contributed by atoms with Crippen LogP contribution in [0.15, 0.2) is 29.3 Å². The van der Waals surface area contributed by atoms with Crippen molar-refractivity contribution in [2.45, 2.75) is 26.0 Å². The van der Waals surface area contributed by atoms with Crippen molar-refractivity contribution in [2.75, 3.05) is 60.5 Å². The fraction of sp³-hybridized carbons (Fsp3) is 0.650. The number of nitrogens with zero attached hydrogens (tertiary/aromatic N) is 3. The van der Waals surface area contributed by atoms with Gasteiger partial charge >= 0.3 is 0 Å². The number of hydrogen-bond acceptors (Lipinski definition) is 5. The summed E-state index contributed by atoms with van der Waals surface area (Å²) in [5.74, 6) is 2.40. The average Bonchev–Trinajstić information content (AvgIpc) is 2.68. The molecule has 0 amide bonds. The Morgan fingerprint density at radius 1 is 1.11 bits per heavy atom. The lowest BCUT2D eigenvalue weighted by Gasteiger charge is -2.36. The van der Waals surface area contributed by atoms with Crippen LogP contribution in [0.25, 0.3) is 0 Å². The summed E-state index contributed by atoms with van der Waals surface area (Å²) in [6, 6.07) is 8.13. The Labute approximate surface area is 163 Å². The molecule has 0 radical (unpaired) electrons. The summed E-state index contributed by atoms with van der Waals surface area (Å²) in [6.45, 7) is 10.3. The van der Waals surface area contributed by atoms with Crippen LogP contribution >= 0.6 is 0 Å². The molecule has 27 heavy (non-hydrogen) atoms. The van der Waals surface area contributed by atoms with Crippen molar-refractivity contribution in [1.82, 2.24) is 20.4 Å². The van der Waals surface area contributed by atoms with Crippen molar-refractivity contribution >= 4 is 5.96 Å². The van der Waals surface area contributed by atoms with Gasteiger partial charge in [-0.3, -0.25) is 9.89 Å². The highest BCUT2D eigenvalue weighted by Crippen LogP contribution is 2.19. The van der Waals surface area contributed by atoms with Crippen molar-refractivity contribution in [3.8, 4) is 11.5 Å². The monoisotopic (exact) mass is 377 g/mol. The molecule has 2 unspecified atom stereocenters. The Kier molecular flexibility index (Phi) is 8.67. The van der Waals surface area contributed by atoms with Gasteiger partial charge in [0.15, 0.2) is 5.96 Å². The molecule has 2 rings (SSSR count). The molecule has 1 aliphatic rings. The Balaban J connectivity index is 1.71. The maximum atomic E-state index is 5.94. The molecule has 2 N–H and O–H groups in total. The number of piperazine rings is 1. The first kappa shape index (κ1) is 21.3. The van der Waals surface area contributed by atoms with Crippen molar-refractivity contribution in [3.63, 3.8) is 0 Å². The Morgan fingerprint density at radius 3 is 2.44 bits per heavy atom. The van der Waals surface area contributed by atoms with E-state index in [4.69, 9.17) is 9.47 Å². The van der Waals surface area contributed by atoms with Crippen LogP contribution < -0.4 is 20.1 Å². The predicted molar refractivity (Wildman–Crippen MR) is 111 cm³/mol. The molecule has 0 spiro atoms. The number of nitrogens with one attached hydrogen (secondary N) is 2. The summed E-state index contributed by atoms with van der Waals surface area (Å²) < 4.78 is 11.2. The largest absolute Gasteiger partial charge is 0.497 e. The summed E-state index contributed by atoms with van der Waals surface area (Å²) in [6.07, 6.45) is 0.00529. The molecule has 1 fully saturated rings. The zero-order valence-electron chi connectivity index (χ0n) is 17.4. The van der Waals surface area contributed by atoms with E-state index in [1.54, 1.807) is 14.2 Å². The molecule has 1 saturated heterocycles. The molecule has 0 saturated carbocycles. The Hall–Kier alpha value is -1.99. The molecule has 1 aromatic carbocycles. The first-order chi connectivity index (χ1) is 13.0. The van der Waals surface area contributed by atoms with E-state index < -0.39 is 0 Å². The summed E-state index contributed by atoms with van der Waals surface area (Å²) in [5.41, 5.74) is 0. The standard InChI is InChI=1S/C20H35N5O2/c1-16(25-11-9-24(4)10-12-25)14-22-20(21-3)23-15-17(2)27-19-8-6-7-18(13-19)26-5/h6-8,13,16-17H,9-12,14-15H2,1-5H3,(H2,21,22,23). The second kappa shape index (κ2) is 11.0. The Morgan fingerprint density at radius 2 is 1.78 bits per heavy atom. The molecule has 0 aromatic heterocycles. The minimum absolute atomic E-state index is 0.00529. The van der Waals surface area contributed by atoms with Crippen LogP contribution in [0.5, 0.6) is 11.5 Å². The van der Waals surface area contributed by atoms with Gasteiger partial charge in [-0.25, -0.2) is 0 Å². The van der Waals surface area contributed by atoms with E-state index in [0.29, 0.717) is 12.6 Å². The fourth-order valence-electron chi connectivity index (χ4n) is 3.05. The van der Waals surface area contributed by atoms with Gasteiger partial charge in [-0.05, 0) is 33.0 Å². The van der Waals surface area contributed by atoms with E-state index in [1.165, 1.54) is 0 Å². The first-order valence-corrected chi connectivity index (χ1v) is 9.69. The lowest BCUT2D eigenvalue weighted by Crippen LogP contribution is -2.52. The second-order valence-electron chi connectivity index (χ2n) is 7.13. The van der Waals surface area contributed by atoms with Crippen molar-refractivity contribution in [2.24, 2.45) is 4.99 Å². The molecule has 0 bridgehead atoms. The van der Waals surface area contributed by atoms with Gasteiger partial charge in [0.1, 0.15) is 17.6 Å². The van der Waals surface area contributed by atoms with Crippen LogP contribution in [0.4, 0.5) is 0 Å². The van der Waals surface area contributed by atoms with Crippen molar-refractivity contribution < 1.29 is 9.47 Å². The maximum Gasteiger partial charge on any atom is 0.191 e. The number of rotatable bonds is 8. The molecule has 152 valence electrons. The molecule has 1 heterocycles. The van der Waals surface area contributed by atoms with Gasteiger partial charge in [-0.1, -0.05) is 6.07 Å². The summed E-state index contributed by atoms with van der Waals surface area (Å²) in [5, 5.41) is 6.76. The first-order valence-electron chi connectivity index (χ1n) is 9.69. The van der Waals surface area contributed by atoms with Gasteiger partial charge in [0.25, 0.3) is 0 Å². The topological polar surface area (TPSA) is 61.4 Å². The summed E-state index contributed by atoms with van der Waals surface area (Å²) in [4.78, 5) is 9.21. The van der Waals surface area contributed by atoms with Gasteiger partial charge < -0.3 is 25.0 Å². The van der Waals surface area contributed by atoms with E-state index in [0.717, 1.165) is 50.2 Å². The highest BCUT2D eigenvalue weighted by molar-refractivity contribution is 5.79.